The number of carbonyl (C=O) groups is 1. The summed E-state index contributed by atoms with van der Waals surface area (Å²) >= 11 is 0. The number of ketones is 1. The number of allylic oxidation sites excluding steroid dienone is 2. The second-order valence-electron chi connectivity index (χ2n) is 5.51. The van der Waals surface area contributed by atoms with Gasteiger partial charge in [0.2, 0.25) is 0 Å². The van der Waals surface area contributed by atoms with Gasteiger partial charge in [-0.15, -0.1) is 6.58 Å². The lowest BCUT2D eigenvalue weighted by atomic mass is 9.95. The Morgan fingerprint density at radius 1 is 1.47 bits per heavy atom. The Hall–Kier alpha value is -0.890. The summed E-state index contributed by atoms with van der Waals surface area (Å²) in [5.41, 5.74) is -0.249. The number of carbonyl (C=O) groups excluding carboxylic acids is 1. The maximum atomic E-state index is 11.9. The Balaban J connectivity index is 2.57. The summed E-state index contributed by atoms with van der Waals surface area (Å²) in [5, 5.41) is 0. The molecule has 17 heavy (non-hydrogen) atoms. The zero-order valence-electron chi connectivity index (χ0n) is 11.4. The lowest BCUT2D eigenvalue weighted by Gasteiger charge is -2.23. The van der Waals surface area contributed by atoms with Gasteiger partial charge in [0.1, 0.15) is 0 Å². The molecule has 96 valence electrons. The average Bonchev–Trinajstić information content (AvgIpc) is 2.68. The molecule has 1 saturated heterocycles. The fourth-order valence-electron chi connectivity index (χ4n) is 2.02. The van der Waals surface area contributed by atoms with Crippen LogP contribution in [-0.2, 0) is 9.53 Å². The van der Waals surface area contributed by atoms with Gasteiger partial charge in [0.05, 0.1) is 11.7 Å². The van der Waals surface area contributed by atoms with Gasteiger partial charge in [0.15, 0.2) is 5.78 Å². The number of ether oxygens (including phenoxy) is 1. The molecular formula is C15H24O2. The highest BCUT2D eigenvalue weighted by Crippen LogP contribution is 2.34. The van der Waals surface area contributed by atoms with Crippen LogP contribution in [0.2, 0.25) is 0 Å². The zero-order chi connectivity index (χ0) is 13.1. The van der Waals surface area contributed by atoms with E-state index in [1.54, 1.807) is 6.08 Å². The minimum Gasteiger partial charge on any atom is -0.367 e. The smallest absolute Gasteiger partial charge is 0.160 e. The van der Waals surface area contributed by atoms with Crippen molar-refractivity contribution in [2.45, 2.75) is 52.2 Å². The fourth-order valence-corrected chi connectivity index (χ4v) is 2.02. The third-order valence-electron chi connectivity index (χ3n) is 3.43. The molecule has 1 heterocycles. The van der Waals surface area contributed by atoms with Crippen LogP contribution in [0, 0.1) is 11.8 Å². The highest BCUT2D eigenvalue weighted by molar-refractivity contribution is 5.91. The van der Waals surface area contributed by atoms with Crippen molar-refractivity contribution >= 4 is 5.78 Å². The zero-order valence-corrected chi connectivity index (χ0v) is 11.4. The van der Waals surface area contributed by atoms with Crippen LogP contribution in [0.4, 0.5) is 0 Å². The standard InChI is InChI=1S/C15H24O2/c1-6-15(5)10-9-14(17-15)12(4)13(16)8-7-11(2)3/h6-8,11-12,14H,1,9-10H2,2-5H3/b8-7+/t12-,14+,15-/m1/s1. The molecule has 0 aromatic rings. The Bertz CT molecular complexity index is 317. The normalized spacial score (nSPS) is 31.0. The first kappa shape index (κ1) is 14.2. The Morgan fingerprint density at radius 3 is 2.59 bits per heavy atom. The summed E-state index contributed by atoms with van der Waals surface area (Å²) in [6.45, 7) is 11.9. The van der Waals surface area contributed by atoms with Crippen molar-refractivity contribution in [3.8, 4) is 0 Å². The quantitative estimate of drug-likeness (QED) is 0.539. The van der Waals surface area contributed by atoms with Crippen LogP contribution in [0.5, 0.6) is 0 Å². The average molecular weight is 236 g/mol. The number of hydrogen-bond acceptors (Lipinski definition) is 2. The molecule has 2 nitrogen and oxygen atoms in total. The molecule has 0 aliphatic carbocycles. The molecule has 2 heteroatoms. The maximum absolute atomic E-state index is 11.9. The van der Waals surface area contributed by atoms with E-state index in [9.17, 15) is 4.79 Å². The van der Waals surface area contributed by atoms with Crippen molar-refractivity contribution in [2.75, 3.05) is 0 Å². The van der Waals surface area contributed by atoms with E-state index in [2.05, 4.69) is 20.4 Å². The first-order valence-electron chi connectivity index (χ1n) is 6.41. The van der Waals surface area contributed by atoms with Crippen LogP contribution in [0.3, 0.4) is 0 Å². The molecular weight excluding hydrogens is 212 g/mol. The van der Waals surface area contributed by atoms with E-state index in [0.29, 0.717) is 5.92 Å². The van der Waals surface area contributed by atoms with Crippen molar-refractivity contribution in [2.24, 2.45) is 11.8 Å². The van der Waals surface area contributed by atoms with E-state index < -0.39 is 0 Å². The van der Waals surface area contributed by atoms with E-state index in [1.807, 2.05) is 26.0 Å². The molecule has 0 aromatic carbocycles. The highest BCUT2D eigenvalue weighted by Gasteiger charge is 2.37. The molecule has 0 N–H and O–H groups in total. The van der Waals surface area contributed by atoms with Gasteiger partial charge in [0.25, 0.3) is 0 Å². The predicted octanol–water partition coefficient (Wildman–Crippen LogP) is 3.53. The Kier molecular flexibility index (Phi) is 4.70. The lowest BCUT2D eigenvalue weighted by Crippen LogP contribution is -2.28. The second kappa shape index (κ2) is 5.63. The summed E-state index contributed by atoms with van der Waals surface area (Å²) in [5.74, 6) is 0.512. The van der Waals surface area contributed by atoms with Crippen molar-refractivity contribution in [3.05, 3.63) is 24.8 Å². The van der Waals surface area contributed by atoms with Crippen LogP contribution in [0.25, 0.3) is 0 Å². The third-order valence-corrected chi connectivity index (χ3v) is 3.43. The molecule has 0 radical (unpaired) electrons. The van der Waals surface area contributed by atoms with Gasteiger partial charge in [-0.1, -0.05) is 32.9 Å². The van der Waals surface area contributed by atoms with E-state index in [4.69, 9.17) is 4.74 Å². The second-order valence-corrected chi connectivity index (χ2v) is 5.51. The van der Waals surface area contributed by atoms with Gasteiger partial charge in [-0.25, -0.2) is 0 Å². The third kappa shape index (κ3) is 3.81. The van der Waals surface area contributed by atoms with Crippen molar-refractivity contribution in [1.82, 2.24) is 0 Å². The molecule has 1 aliphatic rings. The van der Waals surface area contributed by atoms with Gasteiger partial charge in [-0.2, -0.15) is 0 Å². The summed E-state index contributed by atoms with van der Waals surface area (Å²) in [7, 11) is 0. The molecule has 1 aliphatic heterocycles. The first-order chi connectivity index (χ1) is 7.88. The summed E-state index contributed by atoms with van der Waals surface area (Å²) < 4.78 is 5.92. The molecule has 1 fully saturated rings. The van der Waals surface area contributed by atoms with Gasteiger partial charge in [-0.05, 0) is 31.8 Å². The summed E-state index contributed by atoms with van der Waals surface area (Å²) in [4.78, 5) is 11.9. The number of rotatable bonds is 5. The Morgan fingerprint density at radius 2 is 2.12 bits per heavy atom. The van der Waals surface area contributed by atoms with Crippen molar-refractivity contribution in [3.63, 3.8) is 0 Å². The monoisotopic (exact) mass is 236 g/mol. The summed E-state index contributed by atoms with van der Waals surface area (Å²) in [6.07, 6.45) is 7.40. The van der Waals surface area contributed by atoms with Gasteiger partial charge >= 0.3 is 0 Å². The molecule has 3 atom stereocenters. The first-order valence-corrected chi connectivity index (χ1v) is 6.41. The van der Waals surface area contributed by atoms with Crippen LogP contribution in [-0.4, -0.2) is 17.5 Å². The largest absolute Gasteiger partial charge is 0.367 e. The van der Waals surface area contributed by atoms with E-state index >= 15 is 0 Å². The number of hydrogen-bond donors (Lipinski definition) is 0. The predicted molar refractivity (Wildman–Crippen MR) is 70.9 cm³/mol. The highest BCUT2D eigenvalue weighted by atomic mass is 16.5. The van der Waals surface area contributed by atoms with E-state index in [0.717, 1.165) is 12.8 Å². The molecule has 0 aromatic heterocycles. The fraction of sp³-hybridized carbons (Fsp3) is 0.667. The molecule has 0 spiro atoms. The molecule has 1 rings (SSSR count). The molecule has 0 bridgehead atoms. The van der Waals surface area contributed by atoms with Gasteiger partial charge in [-0.3, -0.25) is 4.79 Å². The lowest BCUT2D eigenvalue weighted by molar-refractivity contribution is -0.123. The van der Waals surface area contributed by atoms with Crippen LogP contribution >= 0.6 is 0 Å². The molecule has 0 saturated carbocycles. The molecule has 0 unspecified atom stereocenters. The minimum atomic E-state index is -0.249. The maximum Gasteiger partial charge on any atom is 0.160 e. The molecule has 0 amide bonds. The SMILES string of the molecule is C=C[C@]1(C)CC[C@@H]([C@H](C)C(=O)/C=C/C(C)C)O1. The van der Waals surface area contributed by atoms with Crippen LogP contribution in [0.1, 0.15) is 40.5 Å². The topological polar surface area (TPSA) is 26.3 Å². The van der Waals surface area contributed by atoms with Crippen molar-refractivity contribution in [1.29, 1.82) is 0 Å². The summed E-state index contributed by atoms with van der Waals surface area (Å²) in [6, 6.07) is 0. The van der Waals surface area contributed by atoms with Crippen LogP contribution < -0.4 is 0 Å². The Labute approximate surface area is 105 Å². The van der Waals surface area contributed by atoms with Crippen molar-refractivity contribution < 1.29 is 9.53 Å². The minimum absolute atomic E-state index is 0.0299. The van der Waals surface area contributed by atoms with Gasteiger partial charge < -0.3 is 4.74 Å². The van der Waals surface area contributed by atoms with Crippen LogP contribution in [0.15, 0.2) is 24.8 Å². The van der Waals surface area contributed by atoms with E-state index in [-0.39, 0.29) is 23.4 Å². The van der Waals surface area contributed by atoms with Gasteiger partial charge in [0, 0.05) is 5.92 Å². The van der Waals surface area contributed by atoms with E-state index in [1.165, 1.54) is 0 Å².